The third-order valence-corrected chi connectivity index (χ3v) is 3.04. The van der Waals surface area contributed by atoms with Gasteiger partial charge in [-0.15, -0.1) is 0 Å². The van der Waals surface area contributed by atoms with E-state index in [1.165, 1.54) is 13.2 Å². The second-order valence-electron chi connectivity index (χ2n) is 4.81. The quantitative estimate of drug-likeness (QED) is 0.694. The highest BCUT2D eigenvalue weighted by molar-refractivity contribution is 6.02. The van der Waals surface area contributed by atoms with Crippen molar-refractivity contribution in [3.8, 4) is 0 Å². The smallest absolute Gasteiger partial charge is 0.337 e. The summed E-state index contributed by atoms with van der Waals surface area (Å²) in [6.07, 6.45) is 3.23. The Hall–Kier alpha value is -2.88. The molecule has 22 heavy (non-hydrogen) atoms. The number of carbonyl (C=O) groups is 2. The van der Waals surface area contributed by atoms with Gasteiger partial charge in [0.2, 0.25) is 5.91 Å². The normalized spacial score (nSPS) is 10.5. The molecular weight excluding hydrogens is 278 g/mol. The molecule has 0 heterocycles. The average molecular weight is 295 g/mol. The SMILES string of the molecule is COC(=O)c1ccc(NC(=O)/C=C/c2cccc(C)c2)cc1. The Balaban J connectivity index is 1.98. The molecule has 0 aliphatic carbocycles. The van der Waals surface area contributed by atoms with Gasteiger partial charge in [-0.3, -0.25) is 4.79 Å². The fourth-order valence-electron chi connectivity index (χ4n) is 1.94. The van der Waals surface area contributed by atoms with E-state index in [0.717, 1.165) is 11.1 Å². The molecule has 1 amide bonds. The molecule has 0 saturated heterocycles. The van der Waals surface area contributed by atoms with E-state index in [9.17, 15) is 9.59 Å². The van der Waals surface area contributed by atoms with Crippen LogP contribution in [-0.2, 0) is 9.53 Å². The molecule has 0 atom stereocenters. The van der Waals surface area contributed by atoms with Crippen LogP contribution < -0.4 is 5.32 Å². The van der Waals surface area contributed by atoms with E-state index in [1.807, 2.05) is 31.2 Å². The number of anilines is 1. The monoisotopic (exact) mass is 295 g/mol. The van der Waals surface area contributed by atoms with Crippen LogP contribution in [-0.4, -0.2) is 19.0 Å². The lowest BCUT2D eigenvalue weighted by Crippen LogP contribution is -2.08. The Morgan fingerprint density at radius 3 is 2.45 bits per heavy atom. The molecule has 0 unspecified atom stereocenters. The molecule has 112 valence electrons. The minimum absolute atomic E-state index is 0.229. The summed E-state index contributed by atoms with van der Waals surface area (Å²) in [7, 11) is 1.33. The van der Waals surface area contributed by atoms with Crippen LogP contribution in [0.15, 0.2) is 54.6 Å². The van der Waals surface area contributed by atoms with Crippen LogP contribution in [0.1, 0.15) is 21.5 Å². The van der Waals surface area contributed by atoms with Crippen LogP contribution in [0.2, 0.25) is 0 Å². The Labute approximate surface area is 129 Å². The van der Waals surface area contributed by atoms with Crippen LogP contribution in [0.3, 0.4) is 0 Å². The predicted molar refractivity (Wildman–Crippen MR) is 86.6 cm³/mol. The van der Waals surface area contributed by atoms with E-state index in [1.54, 1.807) is 30.3 Å². The number of methoxy groups -OCH3 is 1. The maximum Gasteiger partial charge on any atom is 0.337 e. The van der Waals surface area contributed by atoms with Crippen LogP contribution in [0.5, 0.6) is 0 Å². The van der Waals surface area contributed by atoms with Gasteiger partial charge in [0.1, 0.15) is 0 Å². The molecule has 0 radical (unpaired) electrons. The van der Waals surface area contributed by atoms with E-state index < -0.39 is 5.97 Å². The molecule has 4 nitrogen and oxygen atoms in total. The van der Waals surface area contributed by atoms with E-state index in [2.05, 4.69) is 10.1 Å². The number of ether oxygens (including phenoxy) is 1. The molecule has 0 bridgehead atoms. The van der Waals surface area contributed by atoms with Crippen molar-refractivity contribution >= 4 is 23.6 Å². The van der Waals surface area contributed by atoms with Crippen molar-refractivity contribution in [1.82, 2.24) is 0 Å². The molecule has 0 aliphatic rings. The van der Waals surface area contributed by atoms with Gasteiger partial charge in [-0.25, -0.2) is 4.79 Å². The van der Waals surface area contributed by atoms with E-state index in [0.29, 0.717) is 11.3 Å². The highest BCUT2D eigenvalue weighted by Crippen LogP contribution is 2.11. The van der Waals surface area contributed by atoms with Crippen LogP contribution in [0.25, 0.3) is 6.08 Å². The van der Waals surface area contributed by atoms with Crippen molar-refractivity contribution in [3.05, 3.63) is 71.3 Å². The molecule has 0 fully saturated rings. The maximum absolute atomic E-state index is 11.9. The van der Waals surface area contributed by atoms with Crippen molar-refractivity contribution in [2.75, 3.05) is 12.4 Å². The number of rotatable bonds is 4. The van der Waals surface area contributed by atoms with Gasteiger partial charge in [0.15, 0.2) is 0 Å². The summed E-state index contributed by atoms with van der Waals surface area (Å²) < 4.78 is 4.62. The molecular formula is C18H17NO3. The topological polar surface area (TPSA) is 55.4 Å². The molecule has 0 aliphatic heterocycles. The fourth-order valence-corrected chi connectivity index (χ4v) is 1.94. The molecule has 0 aromatic heterocycles. The third kappa shape index (κ3) is 4.31. The van der Waals surface area contributed by atoms with Gasteiger partial charge < -0.3 is 10.1 Å². The Bertz CT molecular complexity index is 703. The van der Waals surface area contributed by atoms with Gasteiger partial charge in [0.05, 0.1) is 12.7 Å². The van der Waals surface area contributed by atoms with Crippen molar-refractivity contribution < 1.29 is 14.3 Å². The van der Waals surface area contributed by atoms with Crippen molar-refractivity contribution in [3.63, 3.8) is 0 Å². The molecule has 2 rings (SSSR count). The lowest BCUT2D eigenvalue weighted by molar-refractivity contribution is -0.111. The lowest BCUT2D eigenvalue weighted by atomic mass is 10.1. The second-order valence-corrected chi connectivity index (χ2v) is 4.81. The average Bonchev–Trinajstić information content (AvgIpc) is 2.53. The van der Waals surface area contributed by atoms with Gasteiger partial charge in [0, 0.05) is 11.8 Å². The summed E-state index contributed by atoms with van der Waals surface area (Å²) in [5, 5.41) is 2.73. The third-order valence-electron chi connectivity index (χ3n) is 3.04. The summed E-state index contributed by atoms with van der Waals surface area (Å²) in [5.41, 5.74) is 3.17. The molecule has 4 heteroatoms. The Morgan fingerprint density at radius 2 is 1.82 bits per heavy atom. The molecule has 0 saturated carbocycles. The summed E-state index contributed by atoms with van der Waals surface area (Å²) >= 11 is 0. The highest BCUT2D eigenvalue weighted by Gasteiger charge is 2.05. The summed E-state index contributed by atoms with van der Waals surface area (Å²) in [6, 6.07) is 14.4. The number of aryl methyl sites for hydroxylation is 1. The van der Waals surface area contributed by atoms with Gasteiger partial charge in [-0.2, -0.15) is 0 Å². The summed E-state index contributed by atoms with van der Waals surface area (Å²) in [6.45, 7) is 2.00. The number of hydrogen-bond acceptors (Lipinski definition) is 3. The first kappa shape index (κ1) is 15.5. The van der Waals surface area contributed by atoms with Crippen LogP contribution in [0.4, 0.5) is 5.69 Å². The Kier molecular flexibility index (Phi) is 5.09. The van der Waals surface area contributed by atoms with Gasteiger partial charge in [-0.05, 0) is 42.8 Å². The largest absolute Gasteiger partial charge is 0.465 e. The van der Waals surface area contributed by atoms with Gasteiger partial charge in [-0.1, -0.05) is 29.8 Å². The molecule has 0 spiro atoms. The standard InChI is InChI=1S/C18H17NO3/c1-13-4-3-5-14(12-13)6-11-17(20)19-16-9-7-15(8-10-16)18(21)22-2/h3-12H,1-2H3,(H,19,20)/b11-6+. The zero-order chi connectivity index (χ0) is 15.9. The van der Waals surface area contributed by atoms with Crippen LogP contribution >= 0.6 is 0 Å². The first-order valence-corrected chi connectivity index (χ1v) is 6.82. The number of amides is 1. The van der Waals surface area contributed by atoms with E-state index in [4.69, 9.17) is 0 Å². The highest BCUT2D eigenvalue weighted by atomic mass is 16.5. The number of nitrogens with one attached hydrogen (secondary N) is 1. The zero-order valence-corrected chi connectivity index (χ0v) is 12.5. The Morgan fingerprint density at radius 1 is 1.09 bits per heavy atom. The van der Waals surface area contributed by atoms with Crippen molar-refractivity contribution in [2.45, 2.75) is 6.92 Å². The first-order valence-electron chi connectivity index (χ1n) is 6.82. The zero-order valence-electron chi connectivity index (χ0n) is 12.5. The lowest BCUT2D eigenvalue weighted by Gasteiger charge is -2.03. The molecule has 1 N–H and O–H groups in total. The minimum Gasteiger partial charge on any atom is -0.465 e. The minimum atomic E-state index is -0.405. The number of carbonyl (C=O) groups excluding carboxylic acids is 2. The van der Waals surface area contributed by atoms with E-state index >= 15 is 0 Å². The molecule has 2 aromatic rings. The maximum atomic E-state index is 11.9. The van der Waals surface area contributed by atoms with Gasteiger partial charge >= 0.3 is 5.97 Å². The summed E-state index contributed by atoms with van der Waals surface area (Å²) in [5.74, 6) is -0.635. The number of esters is 1. The first-order chi connectivity index (χ1) is 10.6. The fraction of sp³-hybridized carbons (Fsp3) is 0.111. The number of hydrogen-bond donors (Lipinski definition) is 1. The number of benzene rings is 2. The summed E-state index contributed by atoms with van der Waals surface area (Å²) in [4.78, 5) is 23.2. The van der Waals surface area contributed by atoms with Crippen molar-refractivity contribution in [1.29, 1.82) is 0 Å². The molecule has 2 aromatic carbocycles. The van der Waals surface area contributed by atoms with E-state index in [-0.39, 0.29) is 5.91 Å². The predicted octanol–water partition coefficient (Wildman–Crippen LogP) is 3.43. The second kappa shape index (κ2) is 7.22. The van der Waals surface area contributed by atoms with Crippen LogP contribution in [0, 0.1) is 6.92 Å². The van der Waals surface area contributed by atoms with Gasteiger partial charge in [0.25, 0.3) is 0 Å². The van der Waals surface area contributed by atoms with Crippen molar-refractivity contribution in [2.24, 2.45) is 0 Å².